The van der Waals surface area contributed by atoms with Crippen LogP contribution in [-0.2, 0) is 11.3 Å². The third-order valence-corrected chi connectivity index (χ3v) is 8.43. The number of nitrogens with one attached hydrogen (secondary N) is 2. The third-order valence-electron chi connectivity index (χ3n) is 8.43. The zero-order valence-corrected chi connectivity index (χ0v) is 21.7. The second-order valence-electron chi connectivity index (χ2n) is 10.8. The van der Waals surface area contributed by atoms with Gasteiger partial charge in [0.05, 0.1) is 35.6 Å². The smallest absolute Gasteiger partial charge is 0.275 e. The molecule has 0 amide bonds. The fraction of sp³-hybridized carbons (Fsp3) is 0.464. The van der Waals surface area contributed by atoms with Gasteiger partial charge in [0, 0.05) is 56.5 Å². The van der Waals surface area contributed by atoms with Crippen LogP contribution in [0.3, 0.4) is 0 Å². The summed E-state index contributed by atoms with van der Waals surface area (Å²) >= 11 is 0. The summed E-state index contributed by atoms with van der Waals surface area (Å²) in [4.78, 5) is 39.3. The van der Waals surface area contributed by atoms with E-state index in [2.05, 4.69) is 32.9 Å². The number of fused-ring (bicyclic) bond motifs is 5. The van der Waals surface area contributed by atoms with Gasteiger partial charge in [-0.05, 0) is 31.9 Å². The molecule has 2 N–H and O–H groups in total. The Morgan fingerprint density at radius 2 is 2.08 bits per heavy atom. The summed E-state index contributed by atoms with van der Waals surface area (Å²) in [5, 5.41) is 3.82. The minimum absolute atomic E-state index is 0.0178. The Labute approximate surface area is 219 Å². The number of rotatable bonds is 3. The quantitative estimate of drug-likeness (QED) is 0.431. The van der Waals surface area contributed by atoms with E-state index in [-0.39, 0.29) is 29.0 Å². The van der Waals surface area contributed by atoms with Crippen molar-refractivity contribution in [3.63, 3.8) is 0 Å². The van der Waals surface area contributed by atoms with Crippen LogP contribution in [0.25, 0.3) is 33.2 Å². The lowest BCUT2D eigenvalue weighted by molar-refractivity contribution is 0.180. The van der Waals surface area contributed by atoms with Gasteiger partial charge in [-0.3, -0.25) is 24.3 Å². The van der Waals surface area contributed by atoms with Crippen molar-refractivity contribution in [2.75, 3.05) is 38.3 Å². The Hall–Kier alpha value is -3.63. The van der Waals surface area contributed by atoms with Gasteiger partial charge in [-0.25, -0.2) is 4.98 Å². The van der Waals surface area contributed by atoms with Gasteiger partial charge in [0.15, 0.2) is 0 Å². The number of anilines is 1. The largest absolute Gasteiger partial charge is 0.487 e. The zero-order valence-electron chi connectivity index (χ0n) is 21.7. The predicted octanol–water partition coefficient (Wildman–Crippen LogP) is 2.70. The number of nitrogens with zero attached hydrogens (tertiary/aromatic N) is 4. The first-order valence-corrected chi connectivity index (χ1v) is 13.5. The molecule has 198 valence electrons. The second-order valence-corrected chi connectivity index (χ2v) is 10.8. The summed E-state index contributed by atoms with van der Waals surface area (Å²) < 4.78 is 13.8. The summed E-state index contributed by atoms with van der Waals surface area (Å²) in [5.41, 5.74) is 3.37. The molecule has 2 aromatic carbocycles. The molecule has 3 aliphatic rings. The average Bonchev–Trinajstić information content (AvgIpc) is 3.59. The van der Waals surface area contributed by atoms with E-state index in [4.69, 9.17) is 14.5 Å². The summed E-state index contributed by atoms with van der Waals surface area (Å²) in [7, 11) is 1.73. The highest BCUT2D eigenvalue weighted by molar-refractivity contribution is 5.94. The highest BCUT2D eigenvalue weighted by atomic mass is 16.5. The molecule has 0 spiro atoms. The van der Waals surface area contributed by atoms with Crippen molar-refractivity contribution in [1.82, 2.24) is 24.6 Å². The Kier molecular flexibility index (Phi) is 5.55. The first-order valence-electron chi connectivity index (χ1n) is 13.5. The molecule has 4 aromatic rings. The van der Waals surface area contributed by atoms with Crippen LogP contribution < -0.4 is 20.8 Å². The fourth-order valence-electron chi connectivity index (χ4n) is 6.52. The van der Waals surface area contributed by atoms with Crippen LogP contribution in [0.4, 0.5) is 5.69 Å². The molecular formula is C28H32N6O4. The molecule has 2 fully saturated rings. The summed E-state index contributed by atoms with van der Waals surface area (Å²) in [6.45, 7) is 5.81. The Balaban J connectivity index is 1.46. The molecule has 5 heterocycles. The minimum Gasteiger partial charge on any atom is -0.487 e. The van der Waals surface area contributed by atoms with Crippen LogP contribution in [0.1, 0.15) is 26.2 Å². The molecule has 4 atom stereocenters. The van der Waals surface area contributed by atoms with Crippen molar-refractivity contribution in [3.8, 4) is 17.0 Å². The van der Waals surface area contributed by atoms with Crippen LogP contribution in [0.5, 0.6) is 5.75 Å². The van der Waals surface area contributed by atoms with Crippen LogP contribution in [-0.4, -0.2) is 76.2 Å². The molecule has 2 aromatic heterocycles. The minimum atomic E-state index is -0.302. The highest BCUT2D eigenvalue weighted by Gasteiger charge is 2.32. The third kappa shape index (κ3) is 3.73. The number of aromatic amines is 2. The van der Waals surface area contributed by atoms with Gasteiger partial charge >= 0.3 is 0 Å². The van der Waals surface area contributed by atoms with E-state index in [1.165, 1.54) is 0 Å². The zero-order chi connectivity index (χ0) is 26.0. The van der Waals surface area contributed by atoms with Crippen molar-refractivity contribution >= 4 is 27.6 Å². The van der Waals surface area contributed by atoms with Crippen molar-refractivity contribution in [1.29, 1.82) is 0 Å². The van der Waals surface area contributed by atoms with Gasteiger partial charge in [0.1, 0.15) is 23.1 Å². The first kappa shape index (κ1) is 23.5. The molecule has 0 aliphatic carbocycles. The number of para-hydroxylation sites is 1. The normalized spacial score (nSPS) is 24.9. The van der Waals surface area contributed by atoms with Gasteiger partial charge in [-0.15, -0.1) is 0 Å². The number of hydrogen-bond donors (Lipinski definition) is 2. The molecule has 38 heavy (non-hydrogen) atoms. The van der Waals surface area contributed by atoms with Gasteiger partial charge in [-0.1, -0.05) is 12.1 Å². The number of aromatic nitrogens is 4. The van der Waals surface area contributed by atoms with E-state index in [0.29, 0.717) is 52.4 Å². The Morgan fingerprint density at radius 1 is 1.18 bits per heavy atom. The molecule has 2 unspecified atom stereocenters. The molecule has 10 heteroatoms. The number of ether oxygens (including phenoxy) is 2. The molecule has 3 aliphatic heterocycles. The summed E-state index contributed by atoms with van der Waals surface area (Å²) in [5.74, 6) is 0.674. The number of methoxy groups -OCH3 is 1. The van der Waals surface area contributed by atoms with Crippen molar-refractivity contribution in [3.05, 3.63) is 51.0 Å². The topological polar surface area (TPSA) is 108 Å². The van der Waals surface area contributed by atoms with Crippen LogP contribution in [0, 0.1) is 0 Å². The van der Waals surface area contributed by atoms with E-state index in [1.807, 2.05) is 12.1 Å². The number of benzene rings is 2. The lowest BCUT2D eigenvalue weighted by atomic mass is 10.1. The van der Waals surface area contributed by atoms with E-state index in [1.54, 1.807) is 23.9 Å². The summed E-state index contributed by atoms with van der Waals surface area (Å²) in [6, 6.07) is 10.1. The summed E-state index contributed by atoms with van der Waals surface area (Å²) in [6.07, 6.45) is 3.01. The molecule has 6 bridgehead atoms. The Bertz CT molecular complexity index is 1660. The lowest BCUT2D eigenvalue weighted by Crippen LogP contribution is -2.34. The van der Waals surface area contributed by atoms with E-state index in [9.17, 15) is 9.59 Å². The van der Waals surface area contributed by atoms with Crippen LogP contribution in [0.2, 0.25) is 0 Å². The highest BCUT2D eigenvalue weighted by Crippen LogP contribution is 2.36. The first-order chi connectivity index (χ1) is 18.5. The van der Waals surface area contributed by atoms with Crippen molar-refractivity contribution in [2.45, 2.75) is 50.9 Å². The molecule has 0 saturated carbocycles. The molecular weight excluding hydrogens is 484 g/mol. The van der Waals surface area contributed by atoms with Gasteiger partial charge in [0.2, 0.25) is 0 Å². The predicted molar refractivity (Wildman–Crippen MR) is 146 cm³/mol. The van der Waals surface area contributed by atoms with E-state index >= 15 is 0 Å². The van der Waals surface area contributed by atoms with Gasteiger partial charge in [-0.2, -0.15) is 0 Å². The maximum absolute atomic E-state index is 13.4. The van der Waals surface area contributed by atoms with Gasteiger partial charge in [0.25, 0.3) is 11.1 Å². The second kappa shape index (κ2) is 8.99. The molecule has 0 radical (unpaired) electrons. The molecule has 7 rings (SSSR count). The maximum Gasteiger partial charge on any atom is 0.275 e. The monoisotopic (exact) mass is 516 g/mol. The number of H-pyrrole nitrogens is 2. The van der Waals surface area contributed by atoms with E-state index in [0.717, 1.165) is 44.6 Å². The molecule has 10 nitrogen and oxygen atoms in total. The fourth-order valence-corrected chi connectivity index (χ4v) is 6.52. The van der Waals surface area contributed by atoms with Crippen molar-refractivity contribution < 1.29 is 9.47 Å². The Morgan fingerprint density at radius 3 is 2.95 bits per heavy atom. The van der Waals surface area contributed by atoms with Gasteiger partial charge < -0.3 is 19.4 Å². The SMILES string of the molecule is COC[C@H]1CCCN1c1cc2c3nc(c(=O)[nH]c3c1)-c1cccc3c(=O)n([nH]c13)CCN1CC(C[C@H]1C)O2. The average molecular weight is 517 g/mol. The molecule has 2 saturated heterocycles. The van der Waals surface area contributed by atoms with E-state index < -0.39 is 0 Å². The van der Waals surface area contributed by atoms with Crippen LogP contribution >= 0.6 is 0 Å². The standard InChI is InChI=1S/C28H32N6O4/c1-16-11-19-14-32(16)9-10-34-28(36)21-7-3-6-20(24(21)31-34)25-27(35)29-22-12-18(13-23(38-19)26(22)30-25)33-8-4-5-17(33)15-37-2/h3,6-7,12-13,16-17,19,31H,4-5,8-11,14-15H2,1-2H3,(H,29,35)/t16-,17-,19?/m1/s1. The maximum atomic E-state index is 13.4. The van der Waals surface area contributed by atoms with Crippen LogP contribution in [0.15, 0.2) is 39.9 Å². The number of hydrogen-bond acceptors (Lipinski definition) is 7. The van der Waals surface area contributed by atoms with Crippen molar-refractivity contribution in [2.24, 2.45) is 0 Å². The lowest BCUT2D eigenvalue weighted by Gasteiger charge is -2.27.